The van der Waals surface area contributed by atoms with E-state index >= 15 is 0 Å². The molecule has 0 aromatic heterocycles. The molecule has 15 heavy (non-hydrogen) atoms. The first-order valence-corrected chi connectivity index (χ1v) is 5.07. The van der Waals surface area contributed by atoms with Gasteiger partial charge in [0.15, 0.2) is 0 Å². The Morgan fingerprint density at radius 2 is 1.73 bits per heavy atom. The first kappa shape index (κ1) is 11.7. The molecule has 0 fully saturated rings. The van der Waals surface area contributed by atoms with Gasteiger partial charge in [0, 0.05) is 17.7 Å². The van der Waals surface area contributed by atoms with E-state index in [2.05, 4.69) is 0 Å². The van der Waals surface area contributed by atoms with Gasteiger partial charge in [0.25, 0.3) is 5.69 Å². The van der Waals surface area contributed by atoms with E-state index in [9.17, 15) is 10.1 Å². The summed E-state index contributed by atoms with van der Waals surface area (Å²) >= 11 is 0. The number of benzene rings is 1. The maximum atomic E-state index is 10.5. The van der Waals surface area contributed by atoms with Gasteiger partial charge in [-0.25, -0.2) is 0 Å². The van der Waals surface area contributed by atoms with Gasteiger partial charge < -0.3 is 5.73 Å². The van der Waals surface area contributed by atoms with E-state index in [1.165, 1.54) is 12.1 Å². The summed E-state index contributed by atoms with van der Waals surface area (Å²) in [5.41, 5.74) is 6.87. The minimum Gasteiger partial charge on any atom is -0.321 e. The van der Waals surface area contributed by atoms with Crippen molar-refractivity contribution in [1.29, 1.82) is 0 Å². The Bertz CT molecular complexity index is 342. The topological polar surface area (TPSA) is 69.2 Å². The molecule has 0 aliphatic rings. The zero-order valence-corrected chi connectivity index (χ0v) is 9.06. The number of nitrogens with two attached hydrogens (primary N) is 1. The van der Waals surface area contributed by atoms with Gasteiger partial charge in [0.2, 0.25) is 0 Å². The number of non-ortho nitro benzene ring substituents is 1. The van der Waals surface area contributed by atoms with Crippen LogP contribution < -0.4 is 5.73 Å². The highest BCUT2D eigenvalue weighted by atomic mass is 16.6. The fraction of sp³-hybridized carbons (Fsp3) is 0.455. The normalized spacial score (nSPS) is 11.4. The molecule has 2 N–H and O–H groups in total. The van der Waals surface area contributed by atoms with E-state index in [1.807, 2.05) is 13.8 Å². The summed E-state index contributed by atoms with van der Waals surface area (Å²) in [6.07, 6.45) is 1.64. The van der Waals surface area contributed by atoms with Crippen LogP contribution in [0.4, 0.5) is 5.69 Å². The first-order chi connectivity index (χ1) is 7.03. The maximum absolute atomic E-state index is 10.5. The number of nitro benzene ring substituents is 1. The molecule has 0 atom stereocenters. The smallest absolute Gasteiger partial charge is 0.269 e. The number of rotatable bonds is 4. The molecule has 0 radical (unpaired) electrons. The Morgan fingerprint density at radius 3 is 2.07 bits per heavy atom. The molecule has 4 nitrogen and oxygen atoms in total. The second kappa shape index (κ2) is 4.40. The Balaban J connectivity index is 3.02. The third-order valence-corrected chi connectivity index (χ3v) is 2.91. The van der Waals surface area contributed by atoms with Crippen LogP contribution in [-0.4, -0.2) is 4.92 Å². The van der Waals surface area contributed by atoms with Crippen molar-refractivity contribution in [2.75, 3.05) is 0 Å². The molecule has 0 spiro atoms. The van der Waals surface area contributed by atoms with Gasteiger partial charge in [0.05, 0.1) is 4.92 Å². The Hall–Kier alpha value is -1.42. The Labute approximate surface area is 89.2 Å². The number of hydrogen-bond acceptors (Lipinski definition) is 3. The monoisotopic (exact) mass is 208 g/mol. The maximum Gasteiger partial charge on any atom is 0.269 e. The van der Waals surface area contributed by atoms with Crippen molar-refractivity contribution < 1.29 is 4.92 Å². The highest BCUT2D eigenvalue weighted by Gasteiger charge is 2.23. The number of nitro groups is 1. The lowest BCUT2D eigenvalue weighted by Crippen LogP contribution is -2.34. The summed E-state index contributed by atoms with van der Waals surface area (Å²) < 4.78 is 0. The molecule has 0 aliphatic carbocycles. The van der Waals surface area contributed by atoms with Crippen molar-refractivity contribution in [2.45, 2.75) is 32.2 Å². The van der Waals surface area contributed by atoms with Crippen molar-refractivity contribution in [3.05, 3.63) is 39.9 Å². The number of nitrogens with zero attached hydrogens (tertiary/aromatic N) is 1. The van der Waals surface area contributed by atoms with Crippen LogP contribution in [0, 0.1) is 10.1 Å². The highest BCUT2D eigenvalue weighted by Crippen LogP contribution is 2.26. The van der Waals surface area contributed by atoms with Crippen LogP contribution in [0.25, 0.3) is 0 Å². The standard InChI is InChI=1S/C11H16N2O2/c1-3-11(12,4-2)9-5-7-10(8-6-9)13(14)15/h5-8H,3-4,12H2,1-2H3. The van der Waals surface area contributed by atoms with Crippen LogP contribution in [0.15, 0.2) is 24.3 Å². The van der Waals surface area contributed by atoms with Crippen molar-refractivity contribution in [3.8, 4) is 0 Å². The summed E-state index contributed by atoms with van der Waals surface area (Å²) in [6.45, 7) is 4.04. The predicted octanol–water partition coefficient (Wildman–Crippen LogP) is 2.57. The summed E-state index contributed by atoms with van der Waals surface area (Å²) in [6, 6.07) is 6.49. The van der Waals surface area contributed by atoms with Gasteiger partial charge in [-0.15, -0.1) is 0 Å². The van der Waals surface area contributed by atoms with Crippen LogP contribution in [0.2, 0.25) is 0 Å². The van der Waals surface area contributed by atoms with Crippen molar-refractivity contribution in [3.63, 3.8) is 0 Å². The predicted molar refractivity (Wildman–Crippen MR) is 59.5 cm³/mol. The zero-order valence-electron chi connectivity index (χ0n) is 9.06. The summed E-state index contributed by atoms with van der Waals surface area (Å²) in [5, 5.41) is 10.5. The Kier molecular flexibility index (Phi) is 3.42. The van der Waals surface area contributed by atoms with Crippen molar-refractivity contribution in [1.82, 2.24) is 0 Å². The van der Waals surface area contributed by atoms with Gasteiger partial charge >= 0.3 is 0 Å². The van der Waals surface area contributed by atoms with Crippen LogP contribution in [0.5, 0.6) is 0 Å². The SMILES string of the molecule is CCC(N)(CC)c1ccc([N+](=O)[O-])cc1. The molecular formula is C11H16N2O2. The van der Waals surface area contributed by atoms with E-state index in [4.69, 9.17) is 5.73 Å². The highest BCUT2D eigenvalue weighted by molar-refractivity contribution is 5.35. The van der Waals surface area contributed by atoms with E-state index in [0.717, 1.165) is 18.4 Å². The molecule has 0 bridgehead atoms. The summed E-state index contributed by atoms with van der Waals surface area (Å²) in [7, 11) is 0. The third kappa shape index (κ3) is 2.33. The third-order valence-electron chi connectivity index (χ3n) is 2.91. The van der Waals surface area contributed by atoms with Gasteiger partial charge in [-0.2, -0.15) is 0 Å². The quantitative estimate of drug-likeness (QED) is 0.610. The molecule has 0 heterocycles. The second-order valence-corrected chi connectivity index (χ2v) is 3.67. The zero-order chi connectivity index (χ0) is 11.5. The van der Waals surface area contributed by atoms with E-state index < -0.39 is 4.92 Å². The first-order valence-electron chi connectivity index (χ1n) is 5.07. The average Bonchev–Trinajstić information content (AvgIpc) is 2.28. The van der Waals surface area contributed by atoms with Gasteiger partial charge in [-0.1, -0.05) is 26.0 Å². The van der Waals surface area contributed by atoms with Crippen LogP contribution in [-0.2, 0) is 5.54 Å². The number of hydrogen-bond donors (Lipinski definition) is 1. The molecule has 82 valence electrons. The lowest BCUT2D eigenvalue weighted by Gasteiger charge is -2.27. The lowest BCUT2D eigenvalue weighted by atomic mass is 9.86. The summed E-state index contributed by atoms with van der Waals surface area (Å²) in [4.78, 5) is 10.1. The molecule has 0 saturated heterocycles. The van der Waals surface area contributed by atoms with E-state index in [1.54, 1.807) is 12.1 Å². The summed E-state index contributed by atoms with van der Waals surface area (Å²) in [5.74, 6) is 0. The van der Waals surface area contributed by atoms with Gasteiger partial charge in [-0.05, 0) is 18.4 Å². The molecule has 1 rings (SSSR count). The van der Waals surface area contributed by atoms with Gasteiger partial charge in [0.1, 0.15) is 0 Å². The van der Waals surface area contributed by atoms with Crippen LogP contribution >= 0.6 is 0 Å². The molecule has 1 aromatic carbocycles. The molecule has 0 saturated carbocycles. The van der Waals surface area contributed by atoms with Gasteiger partial charge in [-0.3, -0.25) is 10.1 Å². The van der Waals surface area contributed by atoms with Crippen LogP contribution in [0.3, 0.4) is 0 Å². The fourth-order valence-corrected chi connectivity index (χ4v) is 1.57. The van der Waals surface area contributed by atoms with Crippen molar-refractivity contribution >= 4 is 5.69 Å². The molecule has 4 heteroatoms. The second-order valence-electron chi connectivity index (χ2n) is 3.67. The molecule has 0 amide bonds. The largest absolute Gasteiger partial charge is 0.321 e. The minimum atomic E-state index is -0.403. The molecular weight excluding hydrogens is 192 g/mol. The average molecular weight is 208 g/mol. The lowest BCUT2D eigenvalue weighted by molar-refractivity contribution is -0.384. The molecule has 0 unspecified atom stereocenters. The minimum absolute atomic E-state index is 0.105. The fourth-order valence-electron chi connectivity index (χ4n) is 1.57. The molecule has 1 aromatic rings. The Morgan fingerprint density at radius 1 is 1.27 bits per heavy atom. The van der Waals surface area contributed by atoms with E-state index in [-0.39, 0.29) is 11.2 Å². The van der Waals surface area contributed by atoms with E-state index in [0.29, 0.717) is 0 Å². The van der Waals surface area contributed by atoms with Crippen molar-refractivity contribution in [2.24, 2.45) is 5.73 Å². The molecule has 0 aliphatic heterocycles. The van der Waals surface area contributed by atoms with Crippen LogP contribution in [0.1, 0.15) is 32.3 Å².